The van der Waals surface area contributed by atoms with E-state index in [1.54, 1.807) is 109 Å². The van der Waals surface area contributed by atoms with Gasteiger partial charge in [-0.1, -0.05) is 176 Å². The zero-order chi connectivity index (χ0) is 86.3. The van der Waals surface area contributed by atoms with Crippen molar-refractivity contribution in [3.63, 3.8) is 0 Å². The molecule has 12 nitrogen and oxygen atoms in total. The van der Waals surface area contributed by atoms with Crippen molar-refractivity contribution in [3.8, 4) is 73.6 Å². The van der Waals surface area contributed by atoms with Gasteiger partial charge in [0.1, 0.15) is 57.0 Å². The van der Waals surface area contributed by atoms with E-state index in [0.29, 0.717) is 97.3 Å². The van der Waals surface area contributed by atoms with E-state index in [1.165, 1.54) is 30.3 Å². The van der Waals surface area contributed by atoms with Gasteiger partial charge in [-0.2, -0.15) is 0 Å². The monoisotopic (exact) mass is 1770 g/mol. The lowest BCUT2D eigenvalue weighted by molar-refractivity contribution is 0.0693. The van der Waals surface area contributed by atoms with Crippen molar-refractivity contribution in [2.75, 3.05) is 0 Å². The fourth-order valence-electron chi connectivity index (χ4n) is 10.6. The third-order valence-electron chi connectivity index (χ3n) is 16.1. The largest absolute Gasteiger partial charge is 0.508 e. The minimum atomic E-state index is -1.62. The van der Waals surface area contributed by atoms with Crippen LogP contribution in [0.2, 0.25) is 0 Å². The van der Waals surface area contributed by atoms with Gasteiger partial charge in [-0.3, -0.25) is 14.4 Å². The lowest BCUT2D eigenvalue weighted by Gasteiger charge is -2.14. The number of aromatic carboxylic acids is 1. The summed E-state index contributed by atoms with van der Waals surface area (Å²) in [6.45, 7) is 0. The summed E-state index contributed by atoms with van der Waals surface area (Å²) in [4.78, 5) is 43.8. The van der Waals surface area contributed by atoms with Gasteiger partial charge in [0.05, 0.1) is 31.0 Å². The fraction of sp³-hybridized carbons (Fsp3) is 0. The number of aldehydes is 3. The first-order valence-corrected chi connectivity index (χ1v) is 35.5. The lowest BCUT2D eigenvalue weighted by atomic mass is 9.81. The molecule has 0 amide bonds. The smallest absolute Gasteiger partial charge is 0.488 e. The Hall–Kier alpha value is -13.6. The molecule has 119 heavy (non-hydrogen) atoms. The molecule has 0 aliphatic heterocycles. The predicted octanol–water partition coefficient (Wildman–Crippen LogP) is 24.4. The number of aromatic hydroxyl groups is 1. The average molecular weight is 1770 g/mol. The van der Waals surface area contributed by atoms with Gasteiger partial charge in [0.15, 0.2) is 112 Å². The zero-order valence-corrected chi connectivity index (χ0v) is 63.2. The van der Waals surface area contributed by atoms with Crippen molar-refractivity contribution in [1.29, 1.82) is 0 Å². The second-order valence-electron chi connectivity index (χ2n) is 24.0. The molecule has 15 aromatic rings. The molecule has 0 atom stereocenters. The number of rotatable bonds is 14. The van der Waals surface area contributed by atoms with Crippen molar-refractivity contribution in [2.45, 2.75) is 0 Å². The summed E-state index contributed by atoms with van der Waals surface area (Å²) >= 11 is 6.10. The number of hydrogen-bond donors (Lipinski definition) is 4. The molecule has 0 saturated heterocycles. The van der Waals surface area contributed by atoms with Crippen molar-refractivity contribution in [2.24, 2.45) is 0 Å². The molecule has 1 aromatic heterocycles. The summed E-state index contributed by atoms with van der Waals surface area (Å²) in [6.07, 6.45) is 1.61. The van der Waals surface area contributed by atoms with Gasteiger partial charge < -0.3 is 38.9 Å². The molecule has 15 rings (SSSR count). The molecule has 0 aliphatic carbocycles. The van der Waals surface area contributed by atoms with E-state index in [0.717, 1.165) is 34.9 Å². The Morgan fingerprint density at radius 3 is 1.11 bits per heavy atom. The molecular formula is C88H51BBr2F16O12. The number of para-hydroxylation sites is 4. The van der Waals surface area contributed by atoms with E-state index in [9.17, 15) is 94.5 Å². The first-order chi connectivity index (χ1) is 56.9. The maximum atomic E-state index is 14.1. The number of fused-ring (bicyclic) bond motifs is 3. The first kappa shape index (κ1) is 89.3. The van der Waals surface area contributed by atoms with Gasteiger partial charge >= 0.3 is 13.1 Å². The SMILES string of the molecule is Fc1cc2oc3c(-c4ccccc4)cccc3c2c(F)c1F.O=C(O)c1cccc(-c2ccccc2)c1Oc1cc(F)c(F)c(F)c1.O=Cc1cccc(-c2ccccc2)c1Oc1cc(F)c(F)c(F)c1.O=Cc1cccc(Br)c1F.O=Cc1cccc(Br)c1Oc1cc(F)c(F)c(F)c1.OB(O)c1ccccc1.Oc1cc(F)c(F)c(F)c1. The van der Waals surface area contributed by atoms with Gasteiger partial charge in [0.2, 0.25) is 0 Å². The highest BCUT2D eigenvalue weighted by Crippen LogP contribution is 2.42. The Morgan fingerprint density at radius 1 is 0.345 bits per heavy atom. The van der Waals surface area contributed by atoms with E-state index in [2.05, 4.69) is 31.9 Å². The van der Waals surface area contributed by atoms with Gasteiger partial charge in [-0.25, -0.2) is 75.0 Å². The summed E-state index contributed by atoms with van der Waals surface area (Å²) < 4.78 is 231. The van der Waals surface area contributed by atoms with Crippen LogP contribution in [0.3, 0.4) is 0 Å². The van der Waals surface area contributed by atoms with Gasteiger partial charge in [0, 0.05) is 76.7 Å². The second kappa shape index (κ2) is 41.8. The number of carboxylic acid groups (broad SMARTS) is 1. The highest BCUT2D eigenvalue weighted by atomic mass is 79.9. The highest BCUT2D eigenvalue weighted by Gasteiger charge is 2.24. The second-order valence-corrected chi connectivity index (χ2v) is 25.7. The maximum absolute atomic E-state index is 14.1. The Labute approximate surface area is 680 Å². The Bertz CT molecular complexity index is 6050. The molecule has 14 aromatic carbocycles. The molecule has 1 heterocycles. The molecule has 0 aliphatic rings. The van der Waals surface area contributed by atoms with Crippen molar-refractivity contribution in [1.82, 2.24) is 0 Å². The molecule has 0 fully saturated rings. The molecule has 0 bridgehead atoms. The molecule has 4 N–H and O–H groups in total. The van der Waals surface area contributed by atoms with Crippen LogP contribution in [0.1, 0.15) is 41.4 Å². The van der Waals surface area contributed by atoms with Crippen LogP contribution in [-0.4, -0.2) is 52.2 Å². The number of carbonyl (C=O) groups is 4. The van der Waals surface area contributed by atoms with Crippen molar-refractivity contribution >= 4 is 91.2 Å². The number of carbonyl (C=O) groups excluding carboxylic acids is 3. The Morgan fingerprint density at radius 2 is 0.689 bits per heavy atom. The third-order valence-corrected chi connectivity index (χ3v) is 17.4. The quantitative estimate of drug-likeness (QED) is 0.0349. The molecule has 0 saturated carbocycles. The number of ether oxygens (including phenoxy) is 3. The first-order valence-electron chi connectivity index (χ1n) is 33.9. The van der Waals surface area contributed by atoms with Crippen LogP contribution in [0.4, 0.5) is 70.2 Å². The Balaban J connectivity index is 0.000000163. The number of carboxylic acids is 1. The average Bonchev–Trinajstić information content (AvgIpc) is 1.60. The zero-order valence-electron chi connectivity index (χ0n) is 60.1. The Kier molecular flexibility index (Phi) is 31.4. The number of halogens is 18. The van der Waals surface area contributed by atoms with E-state index >= 15 is 0 Å². The van der Waals surface area contributed by atoms with Crippen LogP contribution < -0.4 is 19.7 Å². The van der Waals surface area contributed by atoms with Crippen LogP contribution in [0, 0.1) is 93.1 Å². The topological polar surface area (TPSA) is 190 Å². The van der Waals surface area contributed by atoms with Crippen LogP contribution in [-0.2, 0) is 0 Å². The number of furan rings is 1. The maximum Gasteiger partial charge on any atom is 0.488 e. The van der Waals surface area contributed by atoms with E-state index in [-0.39, 0.29) is 67.7 Å². The third kappa shape index (κ3) is 22.9. The number of phenolic OH excluding ortho intramolecular Hbond substituents is 1. The van der Waals surface area contributed by atoms with Crippen molar-refractivity contribution in [3.05, 3.63) is 391 Å². The molecule has 0 unspecified atom stereocenters. The lowest BCUT2D eigenvalue weighted by Crippen LogP contribution is -2.29. The number of benzene rings is 14. The predicted molar refractivity (Wildman–Crippen MR) is 418 cm³/mol. The normalized spacial score (nSPS) is 10.4. The standard InChI is InChI=1S/C19H11F3O3.C19H11F3O2.C18H9F3O.C13H6BrF3O2.C7H4BrFO.C6H7BO2.C6H3F3O/c20-15-9-12(10-16(21)17(15)22)25-18-13(11-5-2-1-3-6-11)7-4-8-14(18)19(23)24;20-16-9-14(10-17(21)18(16)22)24-19-13(11-23)7-4-8-15(19)12-5-2-1-3-6-12;19-13-9-14-15(17(21)16(13)20)12-8-4-7-11(18(12)22-14)10-5-2-1-3-6-10;14-9-3-1-2-7(6-18)13(9)19-8-4-10(15)12(17)11(16)5-8;8-6-3-1-2-5(4-10)7(6)9;8-7(9)6-4-2-1-3-5-6;7-4-1-3(10)2-5(8)6(4)9/h1-10H,(H,23,24);1-11H;1-9H;1-6H;1-4H;1-5,8-9H;1-2,10H. The van der Waals surface area contributed by atoms with E-state index in [1.807, 2.05) is 72.8 Å². The van der Waals surface area contributed by atoms with Crippen LogP contribution in [0.15, 0.2) is 280 Å². The van der Waals surface area contributed by atoms with Gasteiger partial charge in [-0.15, -0.1) is 0 Å². The number of hydrogen-bond acceptors (Lipinski definition) is 11. The van der Waals surface area contributed by atoms with Crippen molar-refractivity contribution < 1.29 is 128 Å². The summed E-state index contributed by atoms with van der Waals surface area (Å²) in [5, 5.41) is 35.4. The molecule has 0 spiro atoms. The minimum absolute atomic E-state index is 0.00483. The van der Waals surface area contributed by atoms with Crippen LogP contribution in [0.25, 0.3) is 55.3 Å². The molecule has 604 valence electrons. The fourth-order valence-corrected chi connectivity index (χ4v) is 11.4. The summed E-state index contributed by atoms with van der Waals surface area (Å²) in [7, 11) is -1.34. The summed E-state index contributed by atoms with van der Waals surface area (Å²) in [5.41, 5.74) is 5.27. The van der Waals surface area contributed by atoms with Crippen LogP contribution in [0.5, 0.6) is 40.2 Å². The van der Waals surface area contributed by atoms with Gasteiger partial charge in [-0.05, 0) is 90.4 Å². The molecule has 31 heteroatoms. The highest BCUT2D eigenvalue weighted by molar-refractivity contribution is 9.10. The minimum Gasteiger partial charge on any atom is -0.508 e. The molecular weight excluding hydrogens is 1720 g/mol. The van der Waals surface area contributed by atoms with Crippen LogP contribution >= 0.6 is 31.9 Å². The van der Waals surface area contributed by atoms with E-state index < -0.39 is 112 Å². The molecule has 0 radical (unpaired) electrons. The number of phenols is 1. The van der Waals surface area contributed by atoms with Gasteiger partial charge in [0.25, 0.3) is 0 Å². The summed E-state index contributed by atoms with van der Waals surface area (Å²) in [5.74, 6) is -24.5. The van der Waals surface area contributed by atoms with E-state index in [4.69, 9.17) is 33.8 Å². The summed E-state index contributed by atoms with van der Waals surface area (Å²) in [6, 6.07) is 65.8.